The van der Waals surface area contributed by atoms with Crippen molar-refractivity contribution in [2.45, 2.75) is 59.4 Å². The molecule has 148 valence electrons. The Bertz CT molecular complexity index is 725. The van der Waals surface area contributed by atoms with Crippen molar-refractivity contribution in [2.24, 2.45) is 9.98 Å². The van der Waals surface area contributed by atoms with Crippen molar-refractivity contribution in [3.05, 3.63) is 23.4 Å². The first kappa shape index (κ1) is 20.8. The van der Waals surface area contributed by atoms with E-state index in [9.17, 15) is 9.18 Å². The van der Waals surface area contributed by atoms with Crippen molar-refractivity contribution in [2.75, 3.05) is 18.4 Å². The second-order valence-corrected chi connectivity index (χ2v) is 7.33. The standard InChI is InChI=1S/C19H28FN5O2/c1-6-21-17(22-11-13(2)20)24-16-8-7-14-12-25(10-9-15(14)23-16)18(26)27-19(3,4)5/h7-8,11,13H,6,9-10,12H2,1-5H3,(H,21,23,24). The van der Waals surface area contributed by atoms with Crippen molar-refractivity contribution in [3.8, 4) is 0 Å². The fraction of sp³-hybridized carbons (Fsp3) is 0.579. The van der Waals surface area contributed by atoms with E-state index in [-0.39, 0.29) is 6.09 Å². The number of fused-ring (bicyclic) bond motifs is 1. The Kier molecular flexibility index (Phi) is 6.87. The zero-order valence-corrected chi connectivity index (χ0v) is 16.6. The van der Waals surface area contributed by atoms with Gasteiger partial charge in [0.15, 0.2) is 0 Å². The van der Waals surface area contributed by atoms with Gasteiger partial charge in [0.25, 0.3) is 0 Å². The molecular formula is C19H28FN5O2. The van der Waals surface area contributed by atoms with Crippen molar-refractivity contribution >= 4 is 24.1 Å². The molecule has 1 atom stereocenters. The SMILES string of the molecule is CCN=C(N=CC(C)F)Nc1ccc2c(n1)CCN(C(=O)OC(C)(C)C)C2. The molecule has 27 heavy (non-hydrogen) atoms. The predicted molar refractivity (Wildman–Crippen MR) is 105 cm³/mol. The molecule has 1 aliphatic rings. The van der Waals surface area contributed by atoms with Crippen LogP contribution < -0.4 is 5.32 Å². The molecule has 1 aromatic heterocycles. The molecule has 1 N–H and O–H groups in total. The first-order chi connectivity index (χ1) is 12.7. The van der Waals surface area contributed by atoms with Gasteiger partial charge in [-0.3, -0.25) is 4.99 Å². The molecule has 1 amide bonds. The lowest BCUT2D eigenvalue weighted by atomic mass is 10.1. The van der Waals surface area contributed by atoms with Crippen LogP contribution >= 0.6 is 0 Å². The number of aromatic nitrogens is 1. The van der Waals surface area contributed by atoms with E-state index in [1.165, 1.54) is 13.1 Å². The van der Waals surface area contributed by atoms with Crippen LogP contribution in [0.3, 0.4) is 0 Å². The minimum Gasteiger partial charge on any atom is -0.444 e. The molecule has 0 radical (unpaired) electrons. The molecule has 1 unspecified atom stereocenters. The maximum absolute atomic E-state index is 13.0. The molecule has 2 heterocycles. The van der Waals surface area contributed by atoms with E-state index in [0.29, 0.717) is 37.8 Å². The molecule has 1 aromatic rings. The number of rotatable bonds is 3. The minimum atomic E-state index is -1.15. The number of hydrogen-bond acceptors (Lipinski definition) is 4. The monoisotopic (exact) mass is 377 g/mol. The number of amides is 1. The third kappa shape index (κ3) is 6.62. The lowest BCUT2D eigenvalue weighted by molar-refractivity contribution is 0.0223. The number of pyridine rings is 1. The Labute approximate surface area is 159 Å². The van der Waals surface area contributed by atoms with E-state index < -0.39 is 11.8 Å². The summed E-state index contributed by atoms with van der Waals surface area (Å²) in [6, 6.07) is 3.73. The molecule has 2 rings (SSSR count). The number of carbonyl (C=O) groups is 1. The van der Waals surface area contributed by atoms with Crippen molar-refractivity contribution < 1.29 is 13.9 Å². The average molecular weight is 377 g/mol. The predicted octanol–water partition coefficient (Wildman–Crippen LogP) is 3.59. The zero-order valence-electron chi connectivity index (χ0n) is 16.6. The minimum absolute atomic E-state index is 0.317. The number of guanidine groups is 1. The Morgan fingerprint density at radius 3 is 2.85 bits per heavy atom. The van der Waals surface area contributed by atoms with Crippen LogP contribution in [0.15, 0.2) is 22.1 Å². The van der Waals surface area contributed by atoms with Crippen LogP contribution in [0.1, 0.15) is 45.9 Å². The fourth-order valence-electron chi connectivity index (χ4n) is 2.52. The largest absolute Gasteiger partial charge is 0.444 e. The van der Waals surface area contributed by atoms with Crippen molar-refractivity contribution in [1.82, 2.24) is 9.88 Å². The van der Waals surface area contributed by atoms with Crippen molar-refractivity contribution in [3.63, 3.8) is 0 Å². The Balaban J connectivity index is 2.08. The maximum Gasteiger partial charge on any atom is 0.410 e. The molecule has 7 nitrogen and oxygen atoms in total. The highest BCUT2D eigenvalue weighted by molar-refractivity contribution is 5.98. The van der Waals surface area contributed by atoms with E-state index in [4.69, 9.17) is 4.74 Å². The highest BCUT2D eigenvalue weighted by Crippen LogP contribution is 2.21. The van der Waals surface area contributed by atoms with Gasteiger partial charge < -0.3 is 15.0 Å². The van der Waals surface area contributed by atoms with Crippen LogP contribution in [0, 0.1) is 0 Å². The lowest BCUT2D eigenvalue weighted by Crippen LogP contribution is -2.40. The van der Waals surface area contributed by atoms with Crippen LogP contribution in [0.5, 0.6) is 0 Å². The highest BCUT2D eigenvalue weighted by atomic mass is 19.1. The number of nitrogens with zero attached hydrogens (tertiary/aromatic N) is 4. The van der Waals surface area contributed by atoms with Gasteiger partial charge in [0.05, 0.1) is 6.54 Å². The zero-order chi connectivity index (χ0) is 20.0. The first-order valence-electron chi connectivity index (χ1n) is 9.14. The third-order valence-corrected chi connectivity index (χ3v) is 3.65. The van der Waals surface area contributed by atoms with Crippen LogP contribution in [0.2, 0.25) is 0 Å². The van der Waals surface area contributed by atoms with Crippen LogP contribution in [-0.2, 0) is 17.7 Å². The smallest absolute Gasteiger partial charge is 0.410 e. The molecule has 8 heteroatoms. The summed E-state index contributed by atoms with van der Waals surface area (Å²) in [5, 5.41) is 3.02. The molecule has 0 aliphatic carbocycles. The number of carbonyl (C=O) groups excluding carboxylic acids is 1. The van der Waals surface area contributed by atoms with Gasteiger partial charge in [0, 0.05) is 31.4 Å². The topological polar surface area (TPSA) is 79.2 Å². The lowest BCUT2D eigenvalue weighted by Gasteiger charge is -2.30. The Hall–Kier alpha value is -2.51. The number of hydrogen-bond donors (Lipinski definition) is 1. The molecular weight excluding hydrogens is 349 g/mol. The van der Waals surface area contributed by atoms with Gasteiger partial charge in [-0.1, -0.05) is 6.07 Å². The van der Waals surface area contributed by atoms with E-state index in [2.05, 4.69) is 20.3 Å². The van der Waals surface area contributed by atoms with E-state index in [1.807, 2.05) is 33.8 Å². The van der Waals surface area contributed by atoms with Crippen LogP contribution in [-0.4, -0.2) is 53.0 Å². The summed E-state index contributed by atoms with van der Waals surface area (Å²) in [6.07, 6.45) is 0.361. The fourth-order valence-corrected chi connectivity index (χ4v) is 2.52. The molecule has 1 aliphatic heterocycles. The number of halogens is 1. The Morgan fingerprint density at radius 1 is 1.48 bits per heavy atom. The van der Waals surface area contributed by atoms with Gasteiger partial charge >= 0.3 is 6.09 Å². The molecule has 0 fully saturated rings. The third-order valence-electron chi connectivity index (χ3n) is 3.65. The van der Waals surface area contributed by atoms with Gasteiger partial charge in [-0.05, 0) is 46.2 Å². The first-order valence-corrected chi connectivity index (χ1v) is 9.14. The van der Waals surface area contributed by atoms with Gasteiger partial charge in [0.2, 0.25) is 5.96 Å². The molecule has 0 saturated heterocycles. The van der Waals surface area contributed by atoms with Crippen LogP contribution in [0.4, 0.5) is 15.0 Å². The molecule has 0 aromatic carbocycles. The second-order valence-electron chi connectivity index (χ2n) is 7.33. The number of ether oxygens (including phenoxy) is 1. The normalized spacial score (nSPS) is 16.2. The van der Waals surface area contributed by atoms with Gasteiger partial charge in [-0.2, -0.15) is 0 Å². The summed E-state index contributed by atoms with van der Waals surface area (Å²) in [5.41, 5.74) is 1.38. The molecule has 0 bridgehead atoms. The summed E-state index contributed by atoms with van der Waals surface area (Å²) in [6.45, 7) is 10.4. The van der Waals surface area contributed by atoms with Crippen molar-refractivity contribution in [1.29, 1.82) is 0 Å². The number of nitrogens with one attached hydrogen (secondary N) is 1. The summed E-state index contributed by atoms with van der Waals surface area (Å²) in [4.78, 5) is 26.7. The van der Waals surface area contributed by atoms with Crippen LogP contribution in [0.25, 0.3) is 0 Å². The Morgan fingerprint density at radius 2 is 2.22 bits per heavy atom. The van der Waals surface area contributed by atoms with Gasteiger partial charge in [-0.25, -0.2) is 19.2 Å². The second kappa shape index (κ2) is 8.92. The van der Waals surface area contributed by atoms with E-state index >= 15 is 0 Å². The molecule has 0 saturated carbocycles. The highest BCUT2D eigenvalue weighted by Gasteiger charge is 2.26. The average Bonchev–Trinajstić information content (AvgIpc) is 2.58. The summed E-state index contributed by atoms with van der Waals surface area (Å²) in [7, 11) is 0. The summed E-state index contributed by atoms with van der Waals surface area (Å²) < 4.78 is 18.4. The number of aliphatic imine (C=N–C) groups is 2. The summed E-state index contributed by atoms with van der Waals surface area (Å²) >= 11 is 0. The van der Waals surface area contributed by atoms with E-state index in [0.717, 1.165) is 11.3 Å². The van der Waals surface area contributed by atoms with Gasteiger partial charge in [-0.15, -0.1) is 0 Å². The van der Waals surface area contributed by atoms with E-state index in [1.54, 1.807) is 11.0 Å². The van der Waals surface area contributed by atoms with Gasteiger partial charge in [0.1, 0.15) is 17.6 Å². The quantitative estimate of drug-likeness (QED) is 0.645. The summed E-state index contributed by atoms with van der Waals surface area (Å²) in [5.74, 6) is 0.913. The maximum atomic E-state index is 13.0. The number of alkyl halides is 1. The molecule has 0 spiro atoms. The number of anilines is 1.